The third-order valence-corrected chi connectivity index (χ3v) is 2.91. The van der Waals surface area contributed by atoms with Crippen molar-refractivity contribution in [3.05, 3.63) is 54.1 Å². The Bertz CT molecular complexity index is 466. The zero-order valence-electron chi connectivity index (χ0n) is 8.81. The van der Waals surface area contributed by atoms with Gasteiger partial charge in [0.25, 0.3) is 0 Å². The van der Waals surface area contributed by atoms with Gasteiger partial charge < -0.3 is 0 Å². The fourth-order valence-corrected chi connectivity index (χ4v) is 1.96. The summed E-state index contributed by atoms with van der Waals surface area (Å²) < 4.78 is 0. The van der Waals surface area contributed by atoms with Crippen molar-refractivity contribution >= 4 is 28.6 Å². The van der Waals surface area contributed by atoms with E-state index >= 15 is 0 Å². The summed E-state index contributed by atoms with van der Waals surface area (Å²) in [5.74, 6) is 1.07. The molecule has 0 heterocycles. The zero-order chi connectivity index (χ0) is 10.5. The van der Waals surface area contributed by atoms with Gasteiger partial charge in [0.05, 0.1) is 0 Å². The van der Waals surface area contributed by atoms with Crippen molar-refractivity contribution in [2.24, 2.45) is 0 Å². The maximum Gasteiger partial charge on any atom is 0.0113 e. The van der Waals surface area contributed by atoms with E-state index in [0.29, 0.717) is 0 Å². The Morgan fingerprint density at radius 2 is 1.87 bits per heavy atom. The van der Waals surface area contributed by atoms with Crippen LogP contribution in [0.15, 0.2) is 48.5 Å². The second kappa shape index (κ2) is 5.04. The molecule has 0 saturated heterocycles. The fourth-order valence-electron chi connectivity index (χ4n) is 1.67. The van der Waals surface area contributed by atoms with Crippen LogP contribution in [0.2, 0.25) is 0 Å². The Morgan fingerprint density at radius 3 is 2.73 bits per heavy atom. The summed E-state index contributed by atoms with van der Waals surface area (Å²) in [4.78, 5) is 0. The number of fused-ring (bicyclic) bond motifs is 1. The van der Waals surface area contributed by atoms with Gasteiger partial charge in [0.2, 0.25) is 0 Å². The van der Waals surface area contributed by atoms with Crippen LogP contribution in [0.5, 0.6) is 0 Å². The van der Waals surface area contributed by atoms with Gasteiger partial charge in [-0.1, -0.05) is 54.6 Å². The molecule has 0 fully saturated rings. The van der Waals surface area contributed by atoms with Gasteiger partial charge >= 0.3 is 0 Å². The quantitative estimate of drug-likeness (QED) is 0.737. The van der Waals surface area contributed by atoms with Crippen molar-refractivity contribution in [3.8, 4) is 0 Å². The van der Waals surface area contributed by atoms with Gasteiger partial charge in [0.15, 0.2) is 0 Å². The maximum atomic E-state index is 2.21. The predicted molar refractivity (Wildman–Crippen MR) is 71.4 cm³/mol. The van der Waals surface area contributed by atoms with E-state index in [4.69, 9.17) is 0 Å². The Balaban J connectivity index is 2.42. The van der Waals surface area contributed by atoms with Gasteiger partial charge in [-0.05, 0) is 22.6 Å². The van der Waals surface area contributed by atoms with Crippen LogP contribution in [-0.2, 0) is 0 Å². The van der Waals surface area contributed by atoms with E-state index in [1.54, 1.807) is 0 Å². The topological polar surface area (TPSA) is 0 Å². The van der Waals surface area contributed by atoms with Gasteiger partial charge in [-0.15, -0.1) is 0 Å². The molecule has 1 heteroatoms. The molecule has 0 aliphatic rings. The molecule has 0 radical (unpaired) electrons. The minimum absolute atomic E-state index is 1.07. The Kier molecular flexibility index (Phi) is 3.46. The van der Waals surface area contributed by atoms with E-state index in [1.165, 1.54) is 16.3 Å². The van der Waals surface area contributed by atoms with Crippen LogP contribution in [0, 0.1) is 0 Å². The van der Waals surface area contributed by atoms with Gasteiger partial charge in [0, 0.05) is 5.75 Å². The highest BCUT2D eigenvalue weighted by molar-refractivity contribution is 7.98. The zero-order valence-corrected chi connectivity index (χ0v) is 9.63. The molecular formula is C14H14S. The van der Waals surface area contributed by atoms with Crippen molar-refractivity contribution in [1.29, 1.82) is 0 Å². The molecule has 0 N–H and O–H groups in total. The lowest BCUT2D eigenvalue weighted by Gasteiger charge is -2.01. The van der Waals surface area contributed by atoms with Crippen LogP contribution in [0.25, 0.3) is 16.8 Å². The molecule has 0 unspecified atom stereocenters. The van der Waals surface area contributed by atoms with E-state index in [1.807, 2.05) is 11.8 Å². The largest absolute Gasteiger partial charge is 0.161 e. The van der Waals surface area contributed by atoms with Gasteiger partial charge in [-0.25, -0.2) is 0 Å². The Hall–Kier alpha value is -1.21. The summed E-state index contributed by atoms with van der Waals surface area (Å²) in [7, 11) is 0. The Morgan fingerprint density at radius 1 is 1.07 bits per heavy atom. The minimum Gasteiger partial charge on any atom is -0.161 e. The molecule has 0 aliphatic carbocycles. The van der Waals surface area contributed by atoms with Crippen molar-refractivity contribution in [2.75, 3.05) is 12.0 Å². The molecule has 0 aromatic heterocycles. The standard InChI is InChI=1S/C14H14S/c1-15-11-5-9-13-8-4-7-12-6-2-3-10-14(12)13/h2-10H,11H2,1H3/b9-5+. The van der Waals surface area contributed by atoms with E-state index < -0.39 is 0 Å². The first kappa shape index (κ1) is 10.3. The average molecular weight is 214 g/mol. The molecule has 2 rings (SSSR count). The van der Waals surface area contributed by atoms with E-state index in [2.05, 4.69) is 60.9 Å². The summed E-state index contributed by atoms with van der Waals surface area (Å²) in [6, 6.07) is 14.9. The smallest absolute Gasteiger partial charge is 0.0113 e. The molecule has 0 nitrogen and oxygen atoms in total. The molecule has 0 spiro atoms. The molecule has 0 atom stereocenters. The van der Waals surface area contributed by atoms with Crippen molar-refractivity contribution in [1.82, 2.24) is 0 Å². The normalized spacial score (nSPS) is 11.3. The summed E-state index contributed by atoms with van der Waals surface area (Å²) in [5, 5.41) is 2.64. The van der Waals surface area contributed by atoms with Crippen LogP contribution in [0.3, 0.4) is 0 Å². The number of hydrogen-bond acceptors (Lipinski definition) is 1. The first-order valence-corrected chi connectivity index (χ1v) is 6.44. The van der Waals surface area contributed by atoms with E-state index in [0.717, 1.165) is 5.75 Å². The SMILES string of the molecule is CSC/C=C/c1cccc2ccccc12. The summed E-state index contributed by atoms with van der Waals surface area (Å²) in [6.45, 7) is 0. The lowest BCUT2D eigenvalue weighted by Crippen LogP contribution is -1.77. The van der Waals surface area contributed by atoms with Gasteiger partial charge in [-0.2, -0.15) is 11.8 Å². The van der Waals surface area contributed by atoms with Crippen LogP contribution in [0.1, 0.15) is 5.56 Å². The number of rotatable bonds is 3. The minimum atomic E-state index is 1.07. The fraction of sp³-hybridized carbons (Fsp3) is 0.143. The third kappa shape index (κ3) is 2.42. The molecule has 0 aliphatic heterocycles. The molecule has 2 aromatic rings. The third-order valence-electron chi connectivity index (χ3n) is 2.38. The first-order valence-electron chi connectivity index (χ1n) is 5.05. The van der Waals surface area contributed by atoms with E-state index in [9.17, 15) is 0 Å². The van der Waals surface area contributed by atoms with Crippen LogP contribution < -0.4 is 0 Å². The van der Waals surface area contributed by atoms with Gasteiger partial charge in [0.1, 0.15) is 0 Å². The maximum absolute atomic E-state index is 2.21. The van der Waals surface area contributed by atoms with Crippen LogP contribution >= 0.6 is 11.8 Å². The highest BCUT2D eigenvalue weighted by Gasteiger charge is 1.95. The lowest BCUT2D eigenvalue weighted by molar-refractivity contribution is 1.70. The van der Waals surface area contributed by atoms with Crippen molar-refractivity contribution in [3.63, 3.8) is 0 Å². The second-order valence-electron chi connectivity index (χ2n) is 3.43. The number of benzene rings is 2. The first-order chi connectivity index (χ1) is 7.42. The van der Waals surface area contributed by atoms with E-state index in [-0.39, 0.29) is 0 Å². The molecular weight excluding hydrogens is 200 g/mol. The second-order valence-corrected chi connectivity index (χ2v) is 4.34. The van der Waals surface area contributed by atoms with Crippen LogP contribution in [0.4, 0.5) is 0 Å². The van der Waals surface area contributed by atoms with Crippen molar-refractivity contribution < 1.29 is 0 Å². The van der Waals surface area contributed by atoms with Crippen molar-refractivity contribution in [2.45, 2.75) is 0 Å². The number of thioether (sulfide) groups is 1. The van der Waals surface area contributed by atoms with Gasteiger partial charge in [-0.3, -0.25) is 0 Å². The average Bonchev–Trinajstić information content (AvgIpc) is 2.30. The highest BCUT2D eigenvalue weighted by Crippen LogP contribution is 2.19. The number of hydrogen-bond donors (Lipinski definition) is 0. The Labute approximate surface area is 95.0 Å². The molecule has 0 amide bonds. The summed E-state index contributed by atoms with van der Waals surface area (Å²) in [5.41, 5.74) is 1.31. The molecule has 0 bridgehead atoms. The molecule has 2 aromatic carbocycles. The predicted octanol–water partition coefficient (Wildman–Crippen LogP) is 4.22. The monoisotopic (exact) mass is 214 g/mol. The highest BCUT2D eigenvalue weighted by atomic mass is 32.2. The summed E-state index contributed by atoms with van der Waals surface area (Å²) in [6.07, 6.45) is 6.54. The van der Waals surface area contributed by atoms with Crippen LogP contribution in [-0.4, -0.2) is 12.0 Å². The lowest BCUT2D eigenvalue weighted by atomic mass is 10.0. The molecule has 15 heavy (non-hydrogen) atoms. The molecule has 76 valence electrons. The molecule has 0 saturated carbocycles. The summed E-state index contributed by atoms with van der Waals surface area (Å²) >= 11 is 1.84.